The third kappa shape index (κ3) is 3.64. The van der Waals surface area contributed by atoms with Gasteiger partial charge in [-0.05, 0) is 13.6 Å². The molecular formula is C7H12N2. The monoisotopic (exact) mass is 124 g/mol. The van der Waals surface area contributed by atoms with Gasteiger partial charge in [0.15, 0.2) is 0 Å². The van der Waals surface area contributed by atoms with Crippen molar-refractivity contribution in [3.63, 3.8) is 0 Å². The number of aliphatic imine (C=N–C) groups is 2. The molecule has 0 aromatic carbocycles. The first-order valence-electron chi connectivity index (χ1n) is 2.99. The molecule has 0 saturated heterocycles. The molecule has 0 aromatic rings. The number of amidine groups is 1. The Morgan fingerprint density at radius 3 is 2.67 bits per heavy atom. The van der Waals surface area contributed by atoms with Crippen LogP contribution in [-0.4, -0.2) is 12.6 Å². The predicted molar refractivity (Wildman–Crippen MR) is 42.1 cm³/mol. The van der Waals surface area contributed by atoms with Crippen molar-refractivity contribution in [2.45, 2.75) is 20.3 Å². The Labute approximate surface area is 56.0 Å². The van der Waals surface area contributed by atoms with Crippen molar-refractivity contribution in [1.82, 2.24) is 0 Å². The van der Waals surface area contributed by atoms with Crippen LogP contribution in [0.25, 0.3) is 0 Å². The molecule has 0 rings (SSSR count). The first-order chi connectivity index (χ1) is 4.35. The molecular weight excluding hydrogens is 112 g/mol. The molecule has 0 bridgehead atoms. The molecule has 0 aromatic heterocycles. The molecule has 0 aliphatic heterocycles. The van der Waals surface area contributed by atoms with Crippen LogP contribution >= 0.6 is 0 Å². The van der Waals surface area contributed by atoms with E-state index in [0.717, 1.165) is 12.3 Å². The van der Waals surface area contributed by atoms with E-state index in [2.05, 4.69) is 16.7 Å². The minimum absolute atomic E-state index is 0.785. The highest BCUT2D eigenvalue weighted by Gasteiger charge is 1.83. The van der Waals surface area contributed by atoms with E-state index in [4.69, 9.17) is 0 Å². The molecule has 0 atom stereocenters. The summed E-state index contributed by atoms with van der Waals surface area (Å²) < 4.78 is 0. The lowest BCUT2D eigenvalue weighted by molar-refractivity contribution is 1.24. The van der Waals surface area contributed by atoms with Crippen molar-refractivity contribution in [1.29, 1.82) is 0 Å². The van der Waals surface area contributed by atoms with Crippen LogP contribution in [0, 0.1) is 0 Å². The first kappa shape index (κ1) is 8.08. The molecule has 2 heteroatoms. The van der Waals surface area contributed by atoms with Crippen molar-refractivity contribution in [3.05, 3.63) is 12.3 Å². The lowest BCUT2D eigenvalue weighted by Crippen LogP contribution is -1.86. The van der Waals surface area contributed by atoms with Crippen LogP contribution < -0.4 is 0 Å². The molecule has 0 spiro atoms. The zero-order valence-corrected chi connectivity index (χ0v) is 5.96. The topological polar surface area (TPSA) is 24.7 Å². The second-order valence-corrected chi connectivity index (χ2v) is 1.54. The summed E-state index contributed by atoms with van der Waals surface area (Å²) in [5, 5.41) is 0. The maximum absolute atomic E-state index is 3.99. The van der Waals surface area contributed by atoms with Crippen LogP contribution in [0.3, 0.4) is 0 Å². The zero-order chi connectivity index (χ0) is 7.11. The average molecular weight is 124 g/mol. The Hall–Kier alpha value is -0.920. The average Bonchev–Trinajstić information content (AvgIpc) is 1.91. The van der Waals surface area contributed by atoms with E-state index in [0.29, 0.717) is 0 Å². The third-order valence-electron chi connectivity index (χ3n) is 0.871. The van der Waals surface area contributed by atoms with Gasteiger partial charge in [0, 0.05) is 12.6 Å². The number of hydrogen-bond acceptors (Lipinski definition) is 1. The smallest absolute Gasteiger partial charge is 0.127 e. The molecule has 0 aliphatic rings. The summed E-state index contributed by atoms with van der Waals surface area (Å²) in [4.78, 5) is 7.68. The molecule has 2 nitrogen and oxygen atoms in total. The highest BCUT2D eigenvalue weighted by molar-refractivity contribution is 5.86. The zero-order valence-electron chi connectivity index (χ0n) is 5.96. The van der Waals surface area contributed by atoms with Crippen LogP contribution in [0.5, 0.6) is 0 Å². The van der Waals surface area contributed by atoms with Gasteiger partial charge in [-0.25, -0.2) is 9.98 Å². The third-order valence-corrected chi connectivity index (χ3v) is 0.871. The Balaban J connectivity index is 3.90. The lowest BCUT2D eigenvalue weighted by atomic mass is 10.4. The van der Waals surface area contributed by atoms with Crippen molar-refractivity contribution in [2.75, 3.05) is 0 Å². The quantitative estimate of drug-likeness (QED) is 0.397. The van der Waals surface area contributed by atoms with E-state index in [9.17, 15) is 0 Å². The number of rotatable bonds is 2. The number of hydrogen-bond donors (Lipinski definition) is 0. The van der Waals surface area contributed by atoms with Gasteiger partial charge in [0.25, 0.3) is 0 Å². The van der Waals surface area contributed by atoms with Crippen molar-refractivity contribution < 1.29 is 0 Å². The maximum atomic E-state index is 3.99. The van der Waals surface area contributed by atoms with Gasteiger partial charge in [-0.3, -0.25) is 0 Å². The molecule has 0 N–H and O–H groups in total. The fourth-order valence-corrected chi connectivity index (χ4v) is 0.404. The van der Waals surface area contributed by atoms with Gasteiger partial charge in [0.2, 0.25) is 0 Å². The van der Waals surface area contributed by atoms with Crippen molar-refractivity contribution in [3.8, 4) is 0 Å². The SMILES string of the molecule is C=NC(CC)=N/C=C\C. The minimum Gasteiger partial charge on any atom is -0.249 e. The molecule has 0 heterocycles. The van der Waals surface area contributed by atoms with E-state index < -0.39 is 0 Å². The normalized spacial score (nSPS) is 12.4. The summed E-state index contributed by atoms with van der Waals surface area (Å²) in [7, 11) is 0. The second kappa shape index (κ2) is 5.22. The molecule has 0 unspecified atom stereocenters. The van der Waals surface area contributed by atoms with E-state index >= 15 is 0 Å². The van der Waals surface area contributed by atoms with E-state index in [-0.39, 0.29) is 0 Å². The Morgan fingerprint density at radius 2 is 2.33 bits per heavy atom. The summed E-state index contributed by atoms with van der Waals surface area (Å²) in [5.74, 6) is 0.785. The highest BCUT2D eigenvalue weighted by Crippen LogP contribution is 1.87. The first-order valence-corrected chi connectivity index (χ1v) is 2.99. The number of nitrogens with zero attached hydrogens (tertiary/aromatic N) is 2. The standard InChI is InChI=1S/C7H12N2/c1-4-6-9-7(5-2)8-3/h4,6H,3,5H2,1-2H3/b6-4-,9-7?. The molecule has 0 aliphatic carbocycles. The predicted octanol–water partition coefficient (Wildman–Crippen LogP) is 2.03. The van der Waals surface area contributed by atoms with Gasteiger partial charge in [-0.15, -0.1) is 0 Å². The molecule has 0 saturated carbocycles. The van der Waals surface area contributed by atoms with Gasteiger partial charge in [0.05, 0.1) is 0 Å². The van der Waals surface area contributed by atoms with Gasteiger partial charge < -0.3 is 0 Å². The van der Waals surface area contributed by atoms with Gasteiger partial charge >= 0.3 is 0 Å². The molecule has 0 fully saturated rings. The minimum atomic E-state index is 0.785. The van der Waals surface area contributed by atoms with Crippen LogP contribution in [0.2, 0.25) is 0 Å². The Morgan fingerprint density at radius 1 is 1.67 bits per heavy atom. The van der Waals surface area contributed by atoms with Crippen molar-refractivity contribution >= 4 is 12.6 Å². The Kier molecular flexibility index (Phi) is 4.69. The van der Waals surface area contributed by atoms with Gasteiger partial charge in [0.1, 0.15) is 5.84 Å². The summed E-state index contributed by atoms with van der Waals surface area (Å²) in [6, 6.07) is 0. The van der Waals surface area contributed by atoms with Gasteiger partial charge in [-0.2, -0.15) is 0 Å². The molecule has 50 valence electrons. The van der Waals surface area contributed by atoms with Crippen LogP contribution in [-0.2, 0) is 0 Å². The van der Waals surface area contributed by atoms with Crippen LogP contribution in [0.1, 0.15) is 20.3 Å². The van der Waals surface area contributed by atoms with E-state index in [1.807, 2.05) is 19.9 Å². The summed E-state index contributed by atoms with van der Waals surface area (Å²) in [6.07, 6.45) is 4.42. The van der Waals surface area contributed by atoms with E-state index in [1.54, 1.807) is 6.20 Å². The fourth-order valence-electron chi connectivity index (χ4n) is 0.404. The lowest BCUT2D eigenvalue weighted by Gasteiger charge is -1.88. The summed E-state index contributed by atoms with van der Waals surface area (Å²) in [6.45, 7) is 7.28. The summed E-state index contributed by atoms with van der Waals surface area (Å²) >= 11 is 0. The van der Waals surface area contributed by atoms with Crippen LogP contribution in [0.4, 0.5) is 0 Å². The van der Waals surface area contributed by atoms with Crippen molar-refractivity contribution in [2.24, 2.45) is 9.98 Å². The summed E-state index contributed by atoms with van der Waals surface area (Å²) in [5.41, 5.74) is 0. The fraction of sp³-hybridized carbons (Fsp3) is 0.429. The molecule has 9 heavy (non-hydrogen) atoms. The number of allylic oxidation sites excluding steroid dienone is 1. The Bertz CT molecular complexity index is 134. The van der Waals surface area contributed by atoms with Crippen LogP contribution in [0.15, 0.2) is 22.3 Å². The molecule has 0 radical (unpaired) electrons. The largest absolute Gasteiger partial charge is 0.249 e. The maximum Gasteiger partial charge on any atom is 0.127 e. The molecule has 0 amide bonds. The second-order valence-electron chi connectivity index (χ2n) is 1.54. The highest BCUT2D eigenvalue weighted by atomic mass is 14.9. The van der Waals surface area contributed by atoms with Gasteiger partial charge in [-0.1, -0.05) is 13.0 Å². The van der Waals surface area contributed by atoms with E-state index in [1.165, 1.54) is 0 Å².